The number of amides is 1. The number of anilines is 1. The number of carbonyl (C=O) groups excluding carboxylic acids is 2. The Morgan fingerprint density at radius 3 is 2.55 bits per heavy atom. The zero-order valence-electron chi connectivity index (χ0n) is 16.4. The Morgan fingerprint density at radius 2 is 1.86 bits per heavy atom. The first-order valence-corrected chi connectivity index (χ1v) is 9.10. The molecule has 9 nitrogen and oxygen atoms in total. The fourth-order valence-corrected chi connectivity index (χ4v) is 2.96. The molecule has 0 bridgehead atoms. The van der Waals surface area contributed by atoms with Gasteiger partial charge in [-0.1, -0.05) is 32.0 Å². The lowest BCUT2D eigenvalue weighted by Gasteiger charge is -2.29. The van der Waals surface area contributed by atoms with Gasteiger partial charge in [0.15, 0.2) is 5.78 Å². The molecule has 0 unspecified atom stereocenters. The molecular formula is C20H22N6O3. The first-order valence-electron chi connectivity index (χ1n) is 9.10. The third-order valence-corrected chi connectivity index (χ3v) is 4.36. The third kappa shape index (κ3) is 5.01. The highest BCUT2D eigenvalue weighted by Gasteiger charge is 2.36. The molecule has 0 atom stereocenters. The Balaban J connectivity index is 1.86. The quantitative estimate of drug-likeness (QED) is 0.683. The third-order valence-electron chi connectivity index (χ3n) is 4.36. The normalized spacial score (nSPS) is 18.7. The summed E-state index contributed by atoms with van der Waals surface area (Å²) >= 11 is 0. The smallest absolute Gasteiger partial charge is 0.278 e. The number of nitrogens with zero attached hydrogens (tertiary/aromatic N) is 3. The number of H-pyrrole nitrogens is 1. The lowest BCUT2D eigenvalue weighted by atomic mass is 9.75. The zero-order chi connectivity index (χ0) is 21.0. The summed E-state index contributed by atoms with van der Waals surface area (Å²) in [7, 11) is 0. The van der Waals surface area contributed by atoms with Crippen molar-refractivity contribution in [2.75, 3.05) is 5.43 Å². The van der Waals surface area contributed by atoms with E-state index in [0.29, 0.717) is 24.4 Å². The summed E-state index contributed by atoms with van der Waals surface area (Å²) in [6.45, 7) is 5.50. The molecule has 0 spiro atoms. The maximum atomic E-state index is 12.6. The maximum Gasteiger partial charge on any atom is 0.278 e. The molecule has 1 aliphatic carbocycles. The number of aromatic amines is 1. The van der Waals surface area contributed by atoms with Gasteiger partial charge < -0.3 is 4.98 Å². The Kier molecular flexibility index (Phi) is 5.67. The number of hydrazone groups is 2. The molecule has 150 valence electrons. The average Bonchev–Trinajstić information content (AvgIpc) is 2.65. The van der Waals surface area contributed by atoms with Crippen LogP contribution in [-0.2, 0) is 4.79 Å². The second-order valence-corrected chi connectivity index (χ2v) is 7.59. The molecule has 9 heteroatoms. The van der Waals surface area contributed by atoms with E-state index in [2.05, 4.69) is 31.0 Å². The lowest BCUT2D eigenvalue weighted by Crippen LogP contribution is -2.40. The summed E-state index contributed by atoms with van der Waals surface area (Å²) < 4.78 is 0. The van der Waals surface area contributed by atoms with Crippen molar-refractivity contribution in [1.29, 1.82) is 0 Å². The van der Waals surface area contributed by atoms with Crippen molar-refractivity contribution >= 4 is 28.8 Å². The van der Waals surface area contributed by atoms with Crippen molar-refractivity contribution in [2.45, 2.75) is 33.6 Å². The van der Waals surface area contributed by atoms with Gasteiger partial charge in [-0.25, -0.2) is 10.4 Å². The van der Waals surface area contributed by atoms with E-state index in [1.807, 2.05) is 44.2 Å². The van der Waals surface area contributed by atoms with Gasteiger partial charge in [0.1, 0.15) is 17.1 Å². The zero-order valence-corrected chi connectivity index (χ0v) is 16.4. The van der Waals surface area contributed by atoms with Crippen LogP contribution in [0.15, 0.2) is 51.5 Å². The van der Waals surface area contributed by atoms with Gasteiger partial charge in [-0.2, -0.15) is 10.2 Å². The largest absolute Gasteiger partial charge is 0.310 e. The van der Waals surface area contributed by atoms with Crippen LogP contribution in [0, 0.1) is 12.3 Å². The second-order valence-electron chi connectivity index (χ2n) is 7.59. The molecule has 0 saturated heterocycles. The molecule has 2 aromatic rings. The second kappa shape index (κ2) is 8.17. The molecule has 3 N–H and O–H groups in total. The van der Waals surface area contributed by atoms with Crippen LogP contribution >= 0.6 is 0 Å². The predicted molar refractivity (Wildman–Crippen MR) is 110 cm³/mol. The Labute approximate surface area is 167 Å². The van der Waals surface area contributed by atoms with Gasteiger partial charge >= 0.3 is 0 Å². The number of para-hydroxylation sites is 1. The van der Waals surface area contributed by atoms with Crippen LogP contribution in [0.2, 0.25) is 0 Å². The van der Waals surface area contributed by atoms with E-state index in [1.165, 1.54) is 6.20 Å². The van der Waals surface area contributed by atoms with Gasteiger partial charge in [-0.15, -0.1) is 0 Å². The van der Waals surface area contributed by atoms with E-state index < -0.39 is 11.5 Å². The number of benzene rings is 1. The Morgan fingerprint density at radius 1 is 1.14 bits per heavy atom. The fraction of sp³-hybridized carbons (Fsp3) is 0.300. The SMILES string of the molecule is Cc1ncc(C(=O)NN=C2CC(C)(C)CC(=O)C2=NNc2ccccc2)c(=O)[nH]1. The summed E-state index contributed by atoms with van der Waals surface area (Å²) in [5, 5.41) is 8.32. The highest BCUT2D eigenvalue weighted by atomic mass is 16.2. The van der Waals surface area contributed by atoms with E-state index >= 15 is 0 Å². The van der Waals surface area contributed by atoms with Crippen molar-refractivity contribution in [3.05, 3.63) is 58.3 Å². The molecule has 29 heavy (non-hydrogen) atoms. The summed E-state index contributed by atoms with van der Waals surface area (Å²) in [4.78, 5) is 43.2. The standard InChI is InChI=1S/C20H22N6O3/c1-12-21-11-14(18(28)22-12)19(29)26-24-15-9-20(2,3)10-16(27)17(15)25-23-13-7-5-4-6-8-13/h4-8,11,23H,9-10H2,1-3H3,(H,26,29)(H,21,22,28). The number of nitrogens with one attached hydrogen (secondary N) is 3. The van der Waals surface area contributed by atoms with Crippen LogP contribution in [0.4, 0.5) is 5.69 Å². The molecule has 3 rings (SSSR count). The molecule has 1 aromatic carbocycles. The van der Waals surface area contributed by atoms with Crippen molar-refractivity contribution in [3.8, 4) is 0 Å². The van der Waals surface area contributed by atoms with Crippen LogP contribution in [0.5, 0.6) is 0 Å². The number of hydrogen-bond donors (Lipinski definition) is 3. The van der Waals surface area contributed by atoms with Crippen molar-refractivity contribution < 1.29 is 9.59 Å². The first kappa shape index (κ1) is 20.1. The number of hydrogen-bond acceptors (Lipinski definition) is 7. The maximum absolute atomic E-state index is 12.6. The van der Waals surface area contributed by atoms with Crippen LogP contribution in [0.25, 0.3) is 0 Å². The van der Waals surface area contributed by atoms with E-state index in [4.69, 9.17) is 0 Å². The van der Waals surface area contributed by atoms with Gasteiger partial charge in [-0.05, 0) is 30.9 Å². The summed E-state index contributed by atoms with van der Waals surface area (Å²) in [5.74, 6) is -0.483. The number of ketones is 1. The molecule has 1 amide bonds. The van der Waals surface area contributed by atoms with Crippen molar-refractivity contribution in [3.63, 3.8) is 0 Å². The average molecular weight is 394 g/mol. The predicted octanol–water partition coefficient (Wildman–Crippen LogP) is 2.02. The number of rotatable bonds is 4. The van der Waals surface area contributed by atoms with E-state index in [9.17, 15) is 14.4 Å². The Bertz CT molecular complexity index is 1050. The fourth-order valence-electron chi connectivity index (χ4n) is 2.96. The van der Waals surface area contributed by atoms with E-state index in [1.54, 1.807) is 6.92 Å². The summed E-state index contributed by atoms with van der Waals surface area (Å²) in [6.07, 6.45) is 1.94. The highest BCUT2D eigenvalue weighted by Crippen LogP contribution is 2.31. The molecule has 1 aliphatic rings. The molecule has 0 aliphatic heterocycles. The van der Waals surface area contributed by atoms with Crippen LogP contribution < -0.4 is 16.4 Å². The minimum atomic E-state index is -0.711. The molecule has 1 fully saturated rings. The summed E-state index contributed by atoms with van der Waals surface area (Å²) in [6, 6.07) is 9.19. The van der Waals surface area contributed by atoms with Gasteiger partial charge in [0.25, 0.3) is 11.5 Å². The van der Waals surface area contributed by atoms with E-state index in [-0.39, 0.29) is 22.5 Å². The van der Waals surface area contributed by atoms with Crippen LogP contribution in [0.1, 0.15) is 42.9 Å². The molecule has 1 heterocycles. The molecule has 0 radical (unpaired) electrons. The highest BCUT2D eigenvalue weighted by molar-refractivity contribution is 6.68. The lowest BCUT2D eigenvalue weighted by molar-refractivity contribution is -0.114. The van der Waals surface area contributed by atoms with Crippen molar-refractivity contribution in [2.24, 2.45) is 15.6 Å². The first-order chi connectivity index (χ1) is 13.7. The van der Waals surface area contributed by atoms with Gasteiger partial charge in [0.2, 0.25) is 0 Å². The van der Waals surface area contributed by atoms with E-state index in [0.717, 1.165) is 5.69 Å². The molecular weight excluding hydrogens is 372 g/mol. The monoisotopic (exact) mass is 394 g/mol. The van der Waals surface area contributed by atoms with Crippen molar-refractivity contribution in [1.82, 2.24) is 15.4 Å². The number of aromatic nitrogens is 2. The molecule has 1 aromatic heterocycles. The summed E-state index contributed by atoms with van der Waals surface area (Å²) in [5.41, 5.74) is 5.36. The Hall–Kier alpha value is -3.62. The van der Waals surface area contributed by atoms with Gasteiger partial charge in [-0.3, -0.25) is 19.8 Å². The number of carbonyl (C=O) groups is 2. The van der Waals surface area contributed by atoms with Crippen LogP contribution in [0.3, 0.4) is 0 Å². The number of Topliss-reactive ketones (excluding diaryl/α,β-unsaturated/α-hetero) is 1. The number of aryl methyl sites for hydroxylation is 1. The minimum absolute atomic E-state index is 0.157. The van der Waals surface area contributed by atoms with Crippen LogP contribution in [-0.4, -0.2) is 33.1 Å². The van der Waals surface area contributed by atoms with Gasteiger partial charge in [0, 0.05) is 12.6 Å². The minimum Gasteiger partial charge on any atom is -0.310 e. The topological polar surface area (TPSA) is 129 Å². The molecule has 1 saturated carbocycles. The van der Waals surface area contributed by atoms with Gasteiger partial charge in [0.05, 0.1) is 11.4 Å².